The molecule has 1 saturated carbocycles. The van der Waals surface area contributed by atoms with E-state index >= 15 is 0 Å². The van der Waals surface area contributed by atoms with Crippen molar-refractivity contribution >= 4 is 29.3 Å². The van der Waals surface area contributed by atoms with Crippen molar-refractivity contribution in [1.82, 2.24) is 16.0 Å². The minimum absolute atomic E-state index is 0.251. The van der Waals surface area contributed by atoms with Crippen LogP contribution < -0.4 is 16.0 Å². The quantitative estimate of drug-likeness (QED) is 0.157. The lowest BCUT2D eigenvalue weighted by Gasteiger charge is -2.44. The van der Waals surface area contributed by atoms with E-state index < -0.39 is 59.2 Å². The molecular weight excluding hydrogens is 516 g/mol. The van der Waals surface area contributed by atoms with Crippen molar-refractivity contribution in [2.75, 3.05) is 25.9 Å². The van der Waals surface area contributed by atoms with Gasteiger partial charge in [0.1, 0.15) is 29.9 Å². The van der Waals surface area contributed by atoms with Crippen LogP contribution in [0.2, 0.25) is 0 Å². The van der Waals surface area contributed by atoms with Crippen LogP contribution in [0.5, 0.6) is 0 Å². The molecule has 8 nitrogen and oxygen atoms in total. The average Bonchev–Trinajstić information content (AvgIpc) is 3.69. The molecule has 36 heavy (non-hydrogen) atoms. The summed E-state index contributed by atoms with van der Waals surface area (Å²) in [6.45, 7) is 2.66. The number of carbonyl (C=O) groups is 1. The van der Waals surface area contributed by atoms with Crippen molar-refractivity contribution < 1.29 is 33.6 Å². The topological polar surface area (TPSA) is 123 Å². The molecule has 3 fully saturated rings. The molecule has 3 unspecified atom stereocenters. The fraction of sp³-hybridized carbons (Fsp3) is 0.958. The van der Waals surface area contributed by atoms with Gasteiger partial charge in [-0.25, -0.2) is 8.78 Å². The summed E-state index contributed by atoms with van der Waals surface area (Å²) in [6, 6.07) is -1.21. The zero-order valence-corrected chi connectivity index (χ0v) is 22.6. The Morgan fingerprint density at radius 3 is 2.53 bits per heavy atom. The number of nitrogens with one attached hydrogen (secondary N) is 3. The first kappa shape index (κ1) is 30.3. The van der Waals surface area contributed by atoms with Crippen molar-refractivity contribution in [1.29, 1.82) is 0 Å². The number of alkyl halides is 3. The summed E-state index contributed by atoms with van der Waals surface area (Å²) in [7, 11) is 0. The number of rotatable bonds is 12. The maximum absolute atomic E-state index is 13.8. The molecule has 0 radical (unpaired) electrons. The number of aliphatic hydroxyl groups excluding tert-OH is 3. The van der Waals surface area contributed by atoms with Crippen molar-refractivity contribution in [2.45, 2.75) is 105 Å². The third-order valence-corrected chi connectivity index (χ3v) is 8.75. The van der Waals surface area contributed by atoms with Gasteiger partial charge in [0, 0.05) is 5.92 Å². The molecule has 9 atom stereocenters. The molecule has 2 heterocycles. The first-order chi connectivity index (χ1) is 17.0. The largest absolute Gasteiger partial charge is 0.388 e. The lowest BCUT2D eigenvalue weighted by Crippen LogP contribution is -2.65. The van der Waals surface area contributed by atoms with E-state index in [4.69, 9.17) is 16.3 Å². The smallest absolute Gasteiger partial charge is 0.263 e. The van der Waals surface area contributed by atoms with Crippen LogP contribution in [0.25, 0.3) is 0 Å². The Balaban J connectivity index is 1.44. The number of hydrogen-bond acceptors (Lipinski definition) is 8. The zero-order valence-electron chi connectivity index (χ0n) is 21.0. The summed E-state index contributed by atoms with van der Waals surface area (Å²) < 4.78 is 33.3. The van der Waals surface area contributed by atoms with E-state index in [0.717, 1.165) is 25.7 Å². The summed E-state index contributed by atoms with van der Waals surface area (Å²) in [6.07, 6.45) is 2.02. The van der Waals surface area contributed by atoms with Crippen LogP contribution in [0.4, 0.5) is 8.78 Å². The van der Waals surface area contributed by atoms with Crippen molar-refractivity contribution in [3.63, 3.8) is 0 Å². The highest BCUT2D eigenvalue weighted by molar-refractivity contribution is 7.99. The minimum Gasteiger partial charge on any atom is -0.388 e. The number of hydrogen-bond donors (Lipinski definition) is 6. The van der Waals surface area contributed by atoms with Gasteiger partial charge in [0.15, 0.2) is 0 Å². The summed E-state index contributed by atoms with van der Waals surface area (Å²) in [5.41, 5.74) is -0.755. The predicted octanol–water partition coefficient (Wildman–Crippen LogP) is 1.44. The summed E-state index contributed by atoms with van der Waals surface area (Å²) in [5.74, 6) is -2.89. The SMILES string of the molecule is CSC1O[C@H]([C@H](NC(=O)[C@@H]2CC[C@H](CCCNCC(F)(F)C3CC3)CCN2)[C@H](C)Cl)C(O)C(O)[C@H]1O. The van der Waals surface area contributed by atoms with Crippen LogP contribution in [0.3, 0.4) is 0 Å². The number of carbonyl (C=O) groups excluding carboxylic acids is 1. The molecule has 0 aromatic carbocycles. The van der Waals surface area contributed by atoms with Crippen LogP contribution in [-0.4, -0.2) is 100 Å². The van der Waals surface area contributed by atoms with E-state index in [-0.39, 0.29) is 12.5 Å². The zero-order chi connectivity index (χ0) is 26.5. The van der Waals surface area contributed by atoms with Crippen molar-refractivity contribution in [3.8, 4) is 0 Å². The second-order valence-corrected chi connectivity index (χ2v) is 12.1. The fourth-order valence-electron chi connectivity index (χ4n) is 5.13. The van der Waals surface area contributed by atoms with Crippen molar-refractivity contribution in [2.24, 2.45) is 11.8 Å². The number of thioether (sulfide) groups is 1. The van der Waals surface area contributed by atoms with Gasteiger partial charge in [-0.3, -0.25) is 4.79 Å². The van der Waals surface area contributed by atoms with Gasteiger partial charge in [0.25, 0.3) is 5.92 Å². The van der Waals surface area contributed by atoms with E-state index in [1.54, 1.807) is 13.2 Å². The number of halogens is 3. The molecule has 0 bridgehead atoms. The van der Waals surface area contributed by atoms with Crippen LogP contribution in [0, 0.1) is 11.8 Å². The molecule has 2 saturated heterocycles. The van der Waals surface area contributed by atoms with Gasteiger partial charge in [-0.2, -0.15) is 0 Å². The molecular formula is C24H42ClF2N3O5S. The molecule has 0 aromatic rings. The van der Waals surface area contributed by atoms with E-state index in [2.05, 4.69) is 16.0 Å². The Kier molecular flexibility index (Phi) is 11.5. The van der Waals surface area contributed by atoms with Gasteiger partial charge in [0.05, 0.1) is 24.0 Å². The summed E-state index contributed by atoms with van der Waals surface area (Å²) in [4.78, 5) is 13.1. The van der Waals surface area contributed by atoms with Crippen LogP contribution in [0.15, 0.2) is 0 Å². The second kappa shape index (κ2) is 13.7. The molecule has 210 valence electrons. The van der Waals surface area contributed by atoms with Gasteiger partial charge < -0.3 is 36.0 Å². The Hall–Kier alpha value is -0.270. The average molecular weight is 558 g/mol. The maximum Gasteiger partial charge on any atom is 0.263 e. The van der Waals surface area contributed by atoms with E-state index in [9.17, 15) is 28.9 Å². The second-order valence-electron chi connectivity index (χ2n) is 10.5. The van der Waals surface area contributed by atoms with Gasteiger partial charge in [-0.15, -0.1) is 23.4 Å². The maximum atomic E-state index is 13.8. The lowest BCUT2D eigenvalue weighted by atomic mass is 9.92. The Morgan fingerprint density at radius 1 is 1.17 bits per heavy atom. The third-order valence-electron chi connectivity index (χ3n) is 7.62. The molecule has 2 aliphatic heterocycles. The van der Waals surface area contributed by atoms with Gasteiger partial charge >= 0.3 is 0 Å². The van der Waals surface area contributed by atoms with Gasteiger partial charge in [-0.05, 0) is 77.1 Å². The summed E-state index contributed by atoms with van der Waals surface area (Å²) >= 11 is 7.56. The molecule has 12 heteroatoms. The van der Waals surface area contributed by atoms with E-state index in [0.29, 0.717) is 38.3 Å². The third kappa shape index (κ3) is 8.11. The number of aliphatic hydroxyl groups is 3. The molecule has 0 aromatic heterocycles. The first-order valence-electron chi connectivity index (χ1n) is 13.0. The summed E-state index contributed by atoms with van der Waals surface area (Å²) in [5, 5.41) is 39.4. The first-order valence-corrected chi connectivity index (χ1v) is 14.8. The Morgan fingerprint density at radius 2 is 1.89 bits per heavy atom. The highest BCUT2D eigenvalue weighted by Gasteiger charge is 2.48. The number of ether oxygens (including phenoxy) is 1. The van der Waals surface area contributed by atoms with E-state index in [1.807, 2.05) is 0 Å². The lowest BCUT2D eigenvalue weighted by molar-refractivity contribution is -0.205. The normalized spacial score (nSPS) is 35.6. The fourth-order valence-corrected chi connectivity index (χ4v) is 6.02. The minimum atomic E-state index is -2.60. The highest BCUT2D eigenvalue weighted by atomic mass is 35.5. The van der Waals surface area contributed by atoms with Gasteiger partial charge in [0.2, 0.25) is 5.91 Å². The Labute approximate surface area is 221 Å². The monoisotopic (exact) mass is 557 g/mol. The molecule has 3 aliphatic rings. The standard InChI is InChI=1S/C24H42ClF2N3O5S/c1-13(25)17(21-19(32)18(31)20(33)23(35-21)36-2)30-22(34)16-8-5-14(9-11-29-16)4-3-10-28-12-24(26,27)15-6-7-15/h13-21,23,28-29,31-33H,3-12H2,1-2H3,(H,30,34)/t13-,14-,16-,17+,18?,19?,20+,21+,23?/m0/s1. The Bertz CT molecular complexity index is 707. The predicted molar refractivity (Wildman–Crippen MR) is 136 cm³/mol. The highest BCUT2D eigenvalue weighted by Crippen LogP contribution is 2.42. The van der Waals surface area contributed by atoms with Crippen molar-refractivity contribution in [3.05, 3.63) is 0 Å². The van der Waals surface area contributed by atoms with E-state index in [1.165, 1.54) is 11.8 Å². The molecule has 1 aliphatic carbocycles. The van der Waals surface area contributed by atoms with Crippen LogP contribution >= 0.6 is 23.4 Å². The molecule has 0 spiro atoms. The molecule has 1 amide bonds. The van der Waals surface area contributed by atoms with Crippen LogP contribution in [-0.2, 0) is 9.53 Å². The van der Waals surface area contributed by atoms with Crippen LogP contribution in [0.1, 0.15) is 51.9 Å². The molecule has 3 rings (SSSR count). The van der Waals surface area contributed by atoms with Gasteiger partial charge in [-0.1, -0.05) is 0 Å². The number of amides is 1. The molecule has 6 N–H and O–H groups in total.